The first-order valence-electron chi connectivity index (χ1n) is 7.68. The lowest BCUT2D eigenvalue weighted by Gasteiger charge is -2.14. The molecule has 0 atom stereocenters. The molecule has 1 N–H and O–H groups in total. The maximum atomic E-state index is 12.8. The molecule has 0 saturated carbocycles. The lowest BCUT2D eigenvalue weighted by atomic mass is 10.1. The lowest BCUT2D eigenvalue weighted by molar-refractivity contribution is -0.143. The lowest BCUT2D eigenvalue weighted by Crippen LogP contribution is -2.17. The Labute approximate surface area is 156 Å². The fourth-order valence-electron chi connectivity index (χ4n) is 2.25. The van der Waals surface area contributed by atoms with Gasteiger partial charge in [0, 0.05) is 11.4 Å². The highest BCUT2D eigenvalue weighted by Gasteiger charge is 2.37. The van der Waals surface area contributed by atoms with Crippen LogP contribution in [0.5, 0.6) is 0 Å². The highest BCUT2D eigenvalue weighted by molar-refractivity contribution is 7.99. The molecule has 0 heterocycles. The predicted octanol–water partition coefficient (Wildman–Crippen LogP) is 5.90. The van der Waals surface area contributed by atoms with E-state index in [2.05, 4.69) is 5.32 Å². The van der Waals surface area contributed by atoms with Crippen LogP contribution in [-0.2, 0) is 22.9 Å². The minimum atomic E-state index is -4.96. The molecular weight excluding hydrogens is 392 g/mol. The van der Waals surface area contributed by atoms with Gasteiger partial charge in [-0.3, -0.25) is 4.79 Å². The van der Waals surface area contributed by atoms with E-state index >= 15 is 0 Å². The average molecular weight is 407 g/mol. The number of thioether (sulfide) groups is 1. The van der Waals surface area contributed by atoms with Gasteiger partial charge in [0.05, 0.1) is 16.9 Å². The Morgan fingerprint density at radius 2 is 1.52 bits per heavy atom. The van der Waals surface area contributed by atoms with E-state index in [-0.39, 0.29) is 11.8 Å². The highest BCUT2D eigenvalue weighted by Crippen LogP contribution is 2.37. The number of alkyl halides is 6. The summed E-state index contributed by atoms with van der Waals surface area (Å²) in [5.74, 6) is -0.288. The fraction of sp³-hybridized carbons (Fsp3) is 0.278. The second-order valence-corrected chi connectivity index (χ2v) is 6.75. The van der Waals surface area contributed by atoms with E-state index in [4.69, 9.17) is 0 Å². The maximum Gasteiger partial charge on any atom is 0.416 e. The first-order chi connectivity index (χ1) is 12.5. The smallest absolute Gasteiger partial charge is 0.325 e. The third-order valence-electron chi connectivity index (χ3n) is 3.62. The first-order valence-corrected chi connectivity index (χ1v) is 8.84. The summed E-state index contributed by atoms with van der Waals surface area (Å²) in [6, 6.07) is 8.47. The summed E-state index contributed by atoms with van der Waals surface area (Å²) in [5.41, 5.74) is -1.47. The average Bonchev–Trinajstić information content (AvgIpc) is 2.54. The zero-order valence-corrected chi connectivity index (χ0v) is 14.9. The van der Waals surface area contributed by atoms with Gasteiger partial charge in [-0.1, -0.05) is 24.3 Å². The molecule has 2 aromatic carbocycles. The van der Waals surface area contributed by atoms with E-state index in [9.17, 15) is 31.1 Å². The summed E-state index contributed by atoms with van der Waals surface area (Å²) < 4.78 is 76.9. The van der Waals surface area contributed by atoms with E-state index in [0.29, 0.717) is 17.9 Å². The summed E-state index contributed by atoms with van der Waals surface area (Å²) in [6.45, 7) is 1.90. The number of aryl methyl sites for hydroxylation is 1. The van der Waals surface area contributed by atoms with E-state index < -0.39 is 35.1 Å². The van der Waals surface area contributed by atoms with Crippen molar-refractivity contribution in [3.8, 4) is 0 Å². The summed E-state index contributed by atoms with van der Waals surface area (Å²) >= 11 is 1.21. The Morgan fingerprint density at radius 3 is 2.04 bits per heavy atom. The van der Waals surface area contributed by atoms with Gasteiger partial charge in [-0.05, 0) is 36.2 Å². The predicted molar refractivity (Wildman–Crippen MR) is 92.4 cm³/mol. The Balaban J connectivity index is 2.07. The van der Waals surface area contributed by atoms with E-state index in [0.717, 1.165) is 11.1 Å². The molecule has 0 aliphatic heterocycles. The second kappa shape index (κ2) is 8.24. The third-order valence-corrected chi connectivity index (χ3v) is 4.60. The molecule has 0 aliphatic rings. The van der Waals surface area contributed by atoms with Gasteiger partial charge in [0.1, 0.15) is 0 Å². The molecule has 0 unspecified atom stereocenters. The number of carbonyl (C=O) groups excluding carboxylic acids is 1. The summed E-state index contributed by atoms with van der Waals surface area (Å²) in [7, 11) is 0. The molecule has 2 nitrogen and oxygen atoms in total. The SMILES string of the molecule is Cc1ccccc1CSCC(=O)Nc1cc(C(F)(F)F)cc(C(F)(F)F)c1. The number of carbonyl (C=O) groups is 1. The van der Waals surface area contributed by atoms with Gasteiger partial charge in [-0.15, -0.1) is 11.8 Å². The number of nitrogens with one attached hydrogen (secondary N) is 1. The summed E-state index contributed by atoms with van der Waals surface area (Å²) in [6.07, 6.45) is -9.92. The van der Waals surface area contributed by atoms with Crippen LogP contribution in [0.4, 0.5) is 32.0 Å². The van der Waals surface area contributed by atoms with Crippen molar-refractivity contribution in [3.05, 3.63) is 64.7 Å². The van der Waals surface area contributed by atoms with Crippen LogP contribution in [-0.4, -0.2) is 11.7 Å². The van der Waals surface area contributed by atoms with Gasteiger partial charge < -0.3 is 5.32 Å². The van der Waals surface area contributed by atoms with Gasteiger partial charge in [-0.2, -0.15) is 26.3 Å². The van der Waals surface area contributed by atoms with E-state index in [1.807, 2.05) is 31.2 Å². The van der Waals surface area contributed by atoms with E-state index in [1.165, 1.54) is 11.8 Å². The van der Waals surface area contributed by atoms with Crippen molar-refractivity contribution in [2.24, 2.45) is 0 Å². The Hall–Kier alpha value is -2.16. The monoisotopic (exact) mass is 407 g/mol. The molecule has 0 aliphatic carbocycles. The Bertz CT molecular complexity index is 784. The summed E-state index contributed by atoms with van der Waals surface area (Å²) in [4.78, 5) is 11.9. The number of hydrogen-bond donors (Lipinski definition) is 1. The maximum absolute atomic E-state index is 12.8. The summed E-state index contributed by atoms with van der Waals surface area (Å²) in [5, 5.41) is 2.11. The molecule has 0 bridgehead atoms. The minimum absolute atomic E-state index is 0.0165. The molecule has 0 saturated heterocycles. The number of hydrogen-bond acceptors (Lipinski definition) is 2. The molecule has 0 aromatic heterocycles. The van der Waals surface area contributed by atoms with Crippen LogP contribution < -0.4 is 5.32 Å². The van der Waals surface area contributed by atoms with Gasteiger partial charge in [0.15, 0.2) is 0 Å². The molecule has 2 aromatic rings. The number of anilines is 1. The molecule has 0 radical (unpaired) electrons. The van der Waals surface area contributed by atoms with Crippen molar-refractivity contribution in [1.29, 1.82) is 0 Å². The zero-order chi connectivity index (χ0) is 20.2. The molecule has 0 spiro atoms. The molecule has 1 amide bonds. The number of amides is 1. The molecule has 27 heavy (non-hydrogen) atoms. The van der Waals surface area contributed by atoms with Gasteiger partial charge in [-0.25, -0.2) is 0 Å². The van der Waals surface area contributed by atoms with Crippen LogP contribution in [0.15, 0.2) is 42.5 Å². The fourth-order valence-corrected chi connectivity index (χ4v) is 3.15. The van der Waals surface area contributed by atoms with Crippen molar-refractivity contribution in [2.75, 3.05) is 11.1 Å². The minimum Gasteiger partial charge on any atom is -0.325 e. The molecule has 2 rings (SSSR count). The molecule has 9 heteroatoms. The van der Waals surface area contributed by atoms with Crippen LogP contribution in [0.2, 0.25) is 0 Å². The highest BCUT2D eigenvalue weighted by atomic mass is 32.2. The van der Waals surface area contributed by atoms with Crippen LogP contribution in [0.25, 0.3) is 0 Å². The largest absolute Gasteiger partial charge is 0.416 e. The first kappa shape index (κ1) is 21.1. The third kappa shape index (κ3) is 6.20. The number of rotatable bonds is 5. The standard InChI is InChI=1S/C18H15F6NOS/c1-11-4-2-3-5-12(11)9-27-10-16(26)25-15-7-13(17(19,20)21)6-14(8-15)18(22,23)24/h2-8H,9-10H2,1H3,(H,25,26). The zero-order valence-electron chi connectivity index (χ0n) is 14.0. The topological polar surface area (TPSA) is 29.1 Å². The van der Waals surface area contributed by atoms with Crippen LogP contribution in [0.3, 0.4) is 0 Å². The Kier molecular flexibility index (Phi) is 6.46. The molecule has 0 fully saturated rings. The van der Waals surface area contributed by atoms with Gasteiger partial charge in [0.2, 0.25) is 5.91 Å². The number of halogens is 6. The van der Waals surface area contributed by atoms with Crippen LogP contribution in [0, 0.1) is 6.92 Å². The Morgan fingerprint density at radius 1 is 0.963 bits per heavy atom. The van der Waals surface area contributed by atoms with Crippen LogP contribution >= 0.6 is 11.8 Å². The normalized spacial score (nSPS) is 12.1. The van der Waals surface area contributed by atoms with E-state index in [1.54, 1.807) is 0 Å². The molecule has 146 valence electrons. The quantitative estimate of drug-likeness (QED) is 0.625. The molecular formula is C18H15F6NOS. The second-order valence-electron chi connectivity index (χ2n) is 5.76. The van der Waals surface area contributed by atoms with Gasteiger partial charge >= 0.3 is 12.4 Å². The number of benzene rings is 2. The van der Waals surface area contributed by atoms with Crippen molar-refractivity contribution in [2.45, 2.75) is 25.0 Å². The van der Waals surface area contributed by atoms with Crippen molar-refractivity contribution in [3.63, 3.8) is 0 Å². The van der Waals surface area contributed by atoms with Crippen molar-refractivity contribution in [1.82, 2.24) is 0 Å². The van der Waals surface area contributed by atoms with Crippen molar-refractivity contribution < 1.29 is 31.1 Å². The van der Waals surface area contributed by atoms with Crippen LogP contribution in [0.1, 0.15) is 22.3 Å². The van der Waals surface area contributed by atoms with Crippen molar-refractivity contribution >= 4 is 23.4 Å². The van der Waals surface area contributed by atoms with Gasteiger partial charge in [0.25, 0.3) is 0 Å².